The van der Waals surface area contributed by atoms with Crippen molar-refractivity contribution in [3.8, 4) is 0 Å². The Hall–Kier alpha value is -1.62. The van der Waals surface area contributed by atoms with E-state index in [0.29, 0.717) is 24.5 Å². The fourth-order valence-electron chi connectivity index (χ4n) is 1.32. The molecule has 0 bridgehead atoms. The minimum absolute atomic E-state index is 0.0153. The molecule has 0 saturated heterocycles. The highest BCUT2D eigenvalue weighted by Crippen LogP contribution is 2.17. The molecule has 0 fully saturated rings. The van der Waals surface area contributed by atoms with Gasteiger partial charge in [0.1, 0.15) is 11.3 Å². The molecule has 88 valence electrons. The summed E-state index contributed by atoms with van der Waals surface area (Å²) in [7, 11) is 0. The lowest BCUT2D eigenvalue weighted by Crippen LogP contribution is -2.26. The Balaban J connectivity index is 3.02. The van der Waals surface area contributed by atoms with E-state index in [1.807, 2.05) is 6.92 Å². The van der Waals surface area contributed by atoms with Gasteiger partial charge in [0.15, 0.2) is 5.78 Å². The van der Waals surface area contributed by atoms with Gasteiger partial charge >= 0.3 is 5.97 Å². The Morgan fingerprint density at radius 3 is 2.62 bits per heavy atom. The number of carbonyl (C=O) groups is 2. The number of ether oxygens (including phenoxy) is 1. The maximum Gasteiger partial charge on any atom is 0.349 e. The van der Waals surface area contributed by atoms with Crippen LogP contribution in [0.4, 0.5) is 0 Å². The van der Waals surface area contributed by atoms with Crippen molar-refractivity contribution in [1.29, 1.82) is 0 Å². The van der Waals surface area contributed by atoms with Gasteiger partial charge in [0.2, 0.25) is 0 Å². The molecule has 0 aromatic heterocycles. The average Bonchev–Trinajstić information content (AvgIpc) is 2.21. The van der Waals surface area contributed by atoms with E-state index in [4.69, 9.17) is 9.57 Å². The van der Waals surface area contributed by atoms with Crippen molar-refractivity contribution in [2.24, 2.45) is 0 Å². The van der Waals surface area contributed by atoms with Gasteiger partial charge < -0.3 is 4.74 Å². The molecule has 1 aliphatic heterocycles. The third-order valence-electron chi connectivity index (χ3n) is 2.03. The minimum atomic E-state index is -0.631. The number of allylic oxidation sites excluding steroid dienone is 3. The molecule has 1 aliphatic rings. The summed E-state index contributed by atoms with van der Waals surface area (Å²) in [6.07, 6.45) is 1.78. The smallest absolute Gasteiger partial charge is 0.349 e. The summed E-state index contributed by atoms with van der Waals surface area (Å²) < 4.78 is 4.88. The molecule has 0 saturated carbocycles. The summed E-state index contributed by atoms with van der Waals surface area (Å²) in [5.41, 5.74) is 3.05. The summed E-state index contributed by atoms with van der Waals surface area (Å²) >= 11 is 0. The predicted octanol–water partition coefficient (Wildman–Crippen LogP) is 1.22. The zero-order chi connectivity index (χ0) is 12.1. The van der Waals surface area contributed by atoms with Crippen molar-refractivity contribution >= 4 is 11.8 Å². The molecule has 0 radical (unpaired) electrons. The fourth-order valence-corrected chi connectivity index (χ4v) is 1.32. The topological polar surface area (TPSA) is 64.6 Å². The Bertz CT molecular complexity index is 368. The third kappa shape index (κ3) is 2.70. The van der Waals surface area contributed by atoms with Crippen molar-refractivity contribution in [3.05, 3.63) is 23.1 Å². The van der Waals surface area contributed by atoms with Gasteiger partial charge in [0.25, 0.3) is 0 Å². The van der Waals surface area contributed by atoms with E-state index in [0.717, 1.165) is 0 Å². The number of hydrogen-bond donors (Lipinski definition) is 1. The lowest BCUT2D eigenvalue weighted by Gasteiger charge is -2.16. The van der Waals surface area contributed by atoms with Gasteiger partial charge in [-0.05, 0) is 20.3 Å². The van der Waals surface area contributed by atoms with Crippen LogP contribution >= 0.6 is 0 Å². The Morgan fingerprint density at radius 1 is 1.44 bits per heavy atom. The van der Waals surface area contributed by atoms with Crippen LogP contribution in [0.3, 0.4) is 0 Å². The molecule has 0 atom stereocenters. The molecule has 0 unspecified atom stereocenters. The quantitative estimate of drug-likeness (QED) is 0.337. The number of nitrogens with one attached hydrogen (secondary N) is 1. The normalized spacial score (nSPS) is 19.1. The van der Waals surface area contributed by atoms with Crippen molar-refractivity contribution in [2.45, 2.75) is 27.2 Å². The van der Waals surface area contributed by atoms with Crippen LogP contribution in [0, 0.1) is 0 Å². The summed E-state index contributed by atoms with van der Waals surface area (Å²) in [5.74, 6) is -0.669. The highest BCUT2D eigenvalue weighted by molar-refractivity contribution is 6.24. The molecule has 1 rings (SSSR count). The summed E-state index contributed by atoms with van der Waals surface area (Å²) in [6.45, 7) is 5.62. The van der Waals surface area contributed by atoms with Crippen LogP contribution in [0.2, 0.25) is 0 Å². The lowest BCUT2D eigenvalue weighted by atomic mass is 10.1. The Morgan fingerprint density at radius 2 is 2.12 bits per heavy atom. The van der Waals surface area contributed by atoms with Gasteiger partial charge in [-0.1, -0.05) is 6.92 Å². The van der Waals surface area contributed by atoms with E-state index in [2.05, 4.69) is 5.48 Å². The van der Waals surface area contributed by atoms with E-state index in [-0.39, 0.29) is 11.4 Å². The molecule has 5 heteroatoms. The van der Waals surface area contributed by atoms with Gasteiger partial charge in [0.05, 0.1) is 12.3 Å². The molecular weight excluding hydrogens is 210 g/mol. The second kappa shape index (κ2) is 5.46. The number of cyclic esters (lactones) is 1. The standard InChI is InChI=1S/C11H15NO4/c1-4-8(12-15-5-2)10-9(13)6-7(3)16-11(10)14/h6,12H,4-5H2,1-3H3. The van der Waals surface area contributed by atoms with Crippen LogP contribution in [0.25, 0.3) is 0 Å². The van der Waals surface area contributed by atoms with E-state index >= 15 is 0 Å². The van der Waals surface area contributed by atoms with Crippen molar-refractivity contribution in [1.82, 2.24) is 5.48 Å². The first-order chi connectivity index (χ1) is 7.60. The summed E-state index contributed by atoms with van der Waals surface area (Å²) in [6, 6.07) is 0. The zero-order valence-electron chi connectivity index (χ0n) is 9.62. The first kappa shape index (κ1) is 12.4. The number of ketones is 1. The van der Waals surface area contributed by atoms with E-state index in [1.165, 1.54) is 6.08 Å². The zero-order valence-corrected chi connectivity index (χ0v) is 9.62. The minimum Gasteiger partial charge on any atom is -0.427 e. The van der Waals surface area contributed by atoms with Crippen LogP contribution in [-0.2, 0) is 19.2 Å². The van der Waals surface area contributed by atoms with E-state index in [1.54, 1.807) is 13.8 Å². The van der Waals surface area contributed by atoms with Crippen LogP contribution in [0.15, 0.2) is 23.1 Å². The van der Waals surface area contributed by atoms with Gasteiger partial charge in [-0.3, -0.25) is 15.1 Å². The molecule has 1 heterocycles. The molecule has 0 spiro atoms. The van der Waals surface area contributed by atoms with Crippen LogP contribution in [0.5, 0.6) is 0 Å². The number of esters is 1. The molecule has 1 N–H and O–H groups in total. The molecular formula is C11H15NO4. The van der Waals surface area contributed by atoms with Gasteiger partial charge in [0, 0.05) is 6.08 Å². The van der Waals surface area contributed by atoms with Crippen LogP contribution in [-0.4, -0.2) is 18.4 Å². The second-order valence-corrected chi connectivity index (χ2v) is 3.25. The molecule has 5 nitrogen and oxygen atoms in total. The Kier molecular flexibility index (Phi) is 4.25. The van der Waals surface area contributed by atoms with Crippen LogP contribution < -0.4 is 5.48 Å². The highest BCUT2D eigenvalue weighted by atomic mass is 16.6. The lowest BCUT2D eigenvalue weighted by molar-refractivity contribution is -0.137. The van der Waals surface area contributed by atoms with Gasteiger partial charge in [-0.2, -0.15) is 0 Å². The summed E-state index contributed by atoms with van der Waals surface area (Å²) in [5, 5.41) is 0. The predicted molar refractivity (Wildman–Crippen MR) is 56.9 cm³/mol. The summed E-state index contributed by atoms with van der Waals surface area (Å²) in [4.78, 5) is 28.2. The molecule has 16 heavy (non-hydrogen) atoms. The first-order valence-electron chi connectivity index (χ1n) is 5.15. The molecule has 0 aliphatic carbocycles. The number of hydrogen-bond acceptors (Lipinski definition) is 5. The monoisotopic (exact) mass is 225 g/mol. The average molecular weight is 225 g/mol. The van der Waals surface area contributed by atoms with Crippen molar-refractivity contribution in [3.63, 3.8) is 0 Å². The maximum absolute atomic E-state index is 11.6. The molecule has 0 amide bonds. The fraction of sp³-hybridized carbons (Fsp3) is 0.455. The molecule has 0 aromatic carbocycles. The maximum atomic E-state index is 11.6. The SMILES string of the molecule is CCONC(CC)=C1C(=O)C=C(C)OC1=O. The largest absolute Gasteiger partial charge is 0.427 e. The number of rotatable bonds is 4. The van der Waals surface area contributed by atoms with Gasteiger partial charge in [-0.15, -0.1) is 0 Å². The van der Waals surface area contributed by atoms with Crippen molar-refractivity contribution < 1.29 is 19.2 Å². The van der Waals surface area contributed by atoms with E-state index in [9.17, 15) is 9.59 Å². The van der Waals surface area contributed by atoms with Crippen molar-refractivity contribution in [2.75, 3.05) is 6.61 Å². The highest BCUT2D eigenvalue weighted by Gasteiger charge is 2.27. The number of carbonyl (C=O) groups excluding carboxylic acids is 2. The van der Waals surface area contributed by atoms with Gasteiger partial charge in [-0.25, -0.2) is 4.79 Å². The number of hydroxylamine groups is 1. The third-order valence-corrected chi connectivity index (χ3v) is 2.03. The first-order valence-corrected chi connectivity index (χ1v) is 5.15. The second-order valence-electron chi connectivity index (χ2n) is 3.25. The van der Waals surface area contributed by atoms with E-state index < -0.39 is 5.97 Å². The Labute approximate surface area is 94.1 Å². The van der Waals surface area contributed by atoms with Crippen LogP contribution in [0.1, 0.15) is 27.2 Å². The molecule has 0 aromatic rings.